The van der Waals surface area contributed by atoms with Crippen LogP contribution in [-0.2, 0) is 4.79 Å². The number of oxazole rings is 1. The van der Waals surface area contributed by atoms with E-state index in [1.54, 1.807) is 0 Å². The van der Waals surface area contributed by atoms with E-state index in [9.17, 15) is 4.79 Å². The lowest BCUT2D eigenvalue weighted by atomic mass is 9.70. The first-order valence-corrected chi connectivity index (χ1v) is 12.4. The molecular formula is C29H30N4O2. The minimum atomic E-state index is -0.798. The third-order valence-electron chi connectivity index (χ3n) is 7.79. The highest BCUT2D eigenvalue weighted by Gasteiger charge is 2.56. The van der Waals surface area contributed by atoms with Crippen LogP contribution in [-0.4, -0.2) is 41.0 Å². The van der Waals surface area contributed by atoms with Crippen molar-refractivity contribution in [1.29, 1.82) is 0 Å². The molecule has 3 heterocycles. The van der Waals surface area contributed by atoms with Crippen LogP contribution in [0.5, 0.6) is 0 Å². The van der Waals surface area contributed by atoms with Gasteiger partial charge < -0.3 is 15.1 Å². The van der Waals surface area contributed by atoms with Crippen molar-refractivity contribution in [3.05, 3.63) is 96.1 Å². The fraction of sp³-hybridized carbons (Fsp3) is 0.310. The van der Waals surface area contributed by atoms with E-state index in [1.807, 2.05) is 36.4 Å². The first-order chi connectivity index (χ1) is 17.2. The quantitative estimate of drug-likeness (QED) is 0.443. The smallest absolute Gasteiger partial charge is 0.299 e. The standard InChI is InChI=1S/C29H30N4O2/c30-27(34)29(17-9-10-18-33(29)28-31-24-15-7-8-16-25(24)35-28)23-19-32(20-23)26(21-11-3-1-4-12-21)22-13-5-2-6-14-22/h1-8,11-16,23,26H,9-10,17-20H2,(H2,30,34). The lowest BCUT2D eigenvalue weighted by Gasteiger charge is -2.56. The Labute approximate surface area is 205 Å². The summed E-state index contributed by atoms with van der Waals surface area (Å²) in [6.07, 6.45) is 2.68. The van der Waals surface area contributed by atoms with Crippen molar-refractivity contribution in [3.63, 3.8) is 0 Å². The molecule has 0 spiro atoms. The summed E-state index contributed by atoms with van der Waals surface area (Å²) in [6, 6.07) is 29.5. The minimum absolute atomic E-state index is 0.102. The van der Waals surface area contributed by atoms with E-state index in [0.717, 1.165) is 43.5 Å². The summed E-state index contributed by atoms with van der Waals surface area (Å²) in [5, 5.41) is 0. The second-order valence-corrected chi connectivity index (χ2v) is 9.74. The first-order valence-electron chi connectivity index (χ1n) is 12.4. The highest BCUT2D eigenvalue weighted by atomic mass is 16.4. The third-order valence-corrected chi connectivity index (χ3v) is 7.79. The van der Waals surface area contributed by atoms with Crippen molar-refractivity contribution in [2.75, 3.05) is 24.5 Å². The van der Waals surface area contributed by atoms with Crippen molar-refractivity contribution in [3.8, 4) is 0 Å². The molecule has 0 aliphatic carbocycles. The van der Waals surface area contributed by atoms with Gasteiger partial charge in [-0.25, -0.2) is 0 Å². The van der Waals surface area contributed by atoms with Crippen LogP contribution in [0.1, 0.15) is 36.4 Å². The molecule has 2 aliphatic heterocycles. The predicted octanol–water partition coefficient (Wildman–Crippen LogP) is 4.76. The number of benzene rings is 3. The summed E-state index contributed by atoms with van der Waals surface area (Å²) in [5.74, 6) is -0.176. The number of fused-ring (bicyclic) bond motifs is 1. The van der Waals surface area contributed by atoms with Crippen molar-refractivity contribution in [2.45, 2.75) is 30.8 Å². The minimum Gasteiger partial charge on any atom is -0.423 e. The fourth-order valence-corrected chi connectivity index (χ4v) is 6.03. The highest BCUT2D eigenvalue weighted by molar-refractivity contribution is 5.89. The van der Waals surface area contributed by atoms with Gasteiger partial charge in [0.15, 0.2) is 5.58 Å². The SMILES string of the molecule is NC(=O)C1(C2CN(C(c3ccccc3)c3ccccc3)C2)CCCCN1c1nc2ccccc2o1. The largest absolute Gasteiger partial charge is 0.423 e. The number of carbonyl (C=O) groups excluding carboxylic acids is 1. The van der Waals surface area contributed by atoms with Crippen molar-refractivity contribution >= 4 is 23.0 Å². The molecule has 2 N–H and O–H groups in total. The zero-order valence-electron chi connectivity index (χ0n) is 19.7. The van der Waals surface area contributed by atoms with Gasteiger partial charge in [-0.05, 0) is 42.5 Å². The number of piperidine rings is 1. The van der Waals surface area contributed by atoms with Crippen molar-refractivity contribution in [1.82, 2.24) is 9.88 Å². The van der Waals surface area contributed by atoms with E-state index >= 15 is 0 Å². The molecule has 0 saturated carbocycles. The van der Waals surface area contributed by atoms with Crippen LogP contribution >= 0.6 is 0 Å². The number of hydrogen-bond acceptors (Lipinski definition) is 5. The van der Waals surface area contributed by atoms with E-state index in [0.29, 0.717) is 12.6 Å². The molecule has 2 aliphatic rings. The lowest BCUT2D eigenvalue weighted by Crippen LogP contribution is -2.71. The Kier molecular flexibility index (Phi) is 5.53. The molecule has 0 bridgehead atoms. The number of rotatable bonds is 6. The van der Waals surface area contributed by atoms with Gasteiger partial charge in [-0.15, -0.1) is 0 Å². The Bertz CT molecular complexity index is 1240. The Balaban J connectivity index is 1.33. The second kappa shape index (κ2) is 8.86. The van der Waals surface area contributed by atoms with E-state index in [1.165, 1.54) is 11.1 Å². The number of primary amides is 1. The molecule has 4 aromatic rings. The van der Waals surface area contributed by atoms with Gasteiger partial charge in [-0.1, -0.05) is 72.8 Å². The van der Waals surface area contributed by atoms with E-state index in [-0.39, 0.29) is 17.9 Å². The molecule has 0 radical (unpaired) electrons. The normalized spacial score (nSPS) is 21.3. The zero-order chi connectivity index (χ0) is 23.8. The highest BCUT2D eigenvalue weighted by Crippen LogP contribution is 2.45. The van der Waals surface area contributed by atoms with Crippen molar-refractivity contribution in [2.24, 2.45) is 11.7 Å². The van der Waals surface area contributed by atoms with Gasteiger partial charge >= 0.3 is 0 Å². The van der Waals surface area contributed by atoms with Crippen LogP contribution < -0.4 is 10.6 Å². The number of amides is 1. The molecule has 2 saturated heterocycles. The molecule has 1 aromatic heterocycles. The molecule has 6 nitrogen and oxygen atoms in total. The van der Waals surface area contributed by atoms with E-state index < -0.39 is 5.54 Å². The number of likely N-dealkylation sites (tertiary alicyclic amines) is 1. The lowest BCUT2D eigenvalue weighted by molar-refractivity contribution is -0.130. The number of hydrogen-bond donors (Lipinski definition) is 1. The van der Waals surface area contributed by atoms with Gasteiger partial charge in [0.05, 0.1) is 6.04 Å². The van der Waals surface area contributed by atoms with Crippen LogP contribution in [0.2, 0.25) is 0 Å². The molecular weight excluding hydrogens is 436 g/mol. The maximum absolute atomic E-state index is 13.2. The summed E-state index contributed by atoms with van der Waals surface area (Å²) in [6.45, 7) is 2.29. The Morgan fingerprint density at radius 1 is 0.914 bits per heavy atom. The molecule has 1 amide bonds. The van der Waals surface area contributed by atoms with Gasteiger partial charge in [0.1, 0.15) is 11.1 Å². The average Bonchev–Trinajstić information content (AvgIpc) is 3.31. The third kappa shape index (κ3) is 3.69. The van der Waals surface area contributed by atoms with Gasteiger partial charge in [0.25, 0.3) is 6.01 Å². The Morgan fingerprint density at radius 2 is 1.54 bits per heavy atom. The number of nitrogens with zero attached hydrogens (tertiary/aromatic N) is 3. The maximum atomic E-state index is 13.2. The van der Waals surface area contributed by atoms with Gasteiger partial charge in [0.2, 0.25) is 5.91 Å². The van der Waals surface area contributed by atoms with E-state index in [4.69, 9.17) is 15.1 Å². The summed E-state index contributed by atoms with van der Waals surface area (Å²) >= 11 is 0. The number of aromatic nitrogens is 1. The number of para-hydroxylation sites is 2. The van der Waals surface area contributed by atoms with Gasteiger partial charge in [0, 0.05) is 25.6 Å². The van der Waals surface area contributed by atoms with Gasteiger partial charge in [-0.2, -0.15) is 4.98 Å². The molecule has 178 valence electrons. The van der Waals surface area contributed by atoms with Crippen LogP contribution in [0.3, 0.4) is 0 Å². The average molecular weight is 467 g/mol. The van der Waals surface area contributed by atoms with Crippen LogP contribution in [0.15, 0.2) is 89.3 Å². The number of nitrogens with two attached hydrogens (primary N) is 1. The molecule has 6 rings (SSSR count). The summed E-state index contributed by atoms with van der Waals surface area (Å²) < 4.78 is 6.14. The second-order valence-electron chi connectivity index (χ2n) is 9.74. The topological polar surface area (TPSA) is 75.6 Å². The molecule has 3 aromatic carbocycles. The molecule has 1 atom stereocenters. The predicted molar refractivity (Wildman–Crippen MR) is 137 cm³/mol. The van der Waals surface area contributed by atoms with Crippen LogP contribution in [0.4, 0.5) is 6.01 Å². The molecule has 2 fully saturated rings. The molecule has 1 unspecified atom stereocenters. The summed E-state index contributed by atoms with van der Waals surface area (Å²) in [4.78, 5) is 22.5. The Hall–Kier alpha value is -3.64. The fourth-order valence-electron chi connectivity index (χ4n) is 6.03. The van der Waals surface area contributed by atoms with Crippen molar-refractivity contribution < 1.29 is 9.21 Å². The molecule has 35 heavy (non-hydrogen) atoms. The van der Waals surface area contributed by atoms with Gasteiger partial charge in [-0.3, -0.25) is 9.69 Å². The number of carbonyl (C=O) groups is 1. The molecule has 6 heteroatoms. The van der Waals surface area contributed by atoms with E-state index in [2.05, 4.69) is 58.3 Å². The first kappa shape index (κ1) is 21.9. The monoisotopic (exact) mass is 466 g/mol. The van der Waals surface area contributed by atoms with Crippen LogP contribution in [0, 0.1) is 5.92 Å². The zero-order valence-corrected chi connectivity index (χ0v) is 19.7. The number of anilines is 1. The summed E-state index contributed by atoms with van der Waals surface area (Å²) in [5.41, 5.74) is 9.45. The van der Waals surface area contributed by atoms with Crippen LogP contribution in [0.25, 0.3) is 11.1 Å². The summed E-state index contributed by atoms with van der Waals surface area (Å²) in [7, 11) is 0. The Morgan fingerprint density at radius 3 is 2.17 bits per heavy atom. The maximum Gasteiger partial charge on any atom is 0.299 e.